The molecule has 0 aliphatic heterocycles. The van der Waals surface area contributed by atoms with Gasteiger partial charge in [-0.25, -0.2) is 9.97 Å². The van der Waals surface area contributed by atoms with Crippen molar-refractivity contribution in [2.75, 3.05) is 0 Å². The molecule has 21 heavy (non-hydrogen) atoms. The summed E-state index contributed by atoms with van der Waals surface area (Å²) in [6.45, 7) is 1.92. The lowest BCUT2D eigenvalue weighted by molar-refractivity contribution is 1.15. The van der Waals surface area contributed by atoms with Gasteiger partial charge < -0.3 is 0 Å². The van der Waals surface area contributed by atoms with E-state index in [4.69, 9.17) is 23.2 Å². The molecular formula is C16H11Cl2N3. The normalized spacial score (nSPS) is 10.6. The molecular weight excluding hydrogens is 305 g/mol. The van der Waals surface area contributed by atoms with Crippen LogP contribution in [0.2, 0.25) is 10.3 Å². The molecule has 0 atom stereocenters. The van der Waals surface area contributed by atoms with E-state index in [0.29, 0.717) is 21.7 Å². The van der Waals surface area contributed by atoms with Crippen molar-refractivity contribution >= 4 is 23.2 Å². The smallest absolute Gasteiger partial charge is 0.164 e. The highest BCUT2D eigenvalue weighted by Gasteiger charge is 2.14. The maximum atomic E-state index is 6.29. The fraction of sp³-hybridized carbons (Fsp3) is 0.0625. The number of hydrogen-bond donors (Lipinski definition) is 0. The number of aromatic nitrogens is 3. The monoisotopic (exact) mass is 315 g/mol. The van der Waals surface area contributed by atoms with Crippen LogP contribution in [0.25, 0.3) is 22.5 Å². The maximum absolute atomic E-state index is 6.29. The van der Waals surface area contributed by atoms with E-state index in [1.807, 2.05) is 49.4 Å². The predicted molar refractivity (Wildman–Crippen MR) is 85.5 cm³/mol. The molecule has 0 unspecified atom stereocenters. The molecule has 0 spiro atoms. The SMILES string of the molecule is Cc1ccc(-c2nc(Cl)c(-c3ccccc3)c(Cl)n2)cn1. The maximum Gasteiger partial charge on any atom is 0.164 e. The largest absolute Gasteiger partial charge is 0.261 e. The summed E-state index contributed by atoms with van der Waals surface area (Å²) in [5.41, 5.74) is 3.24. The van der Waals surface area contributed by atoms with Crippen LogP contribution >= 0.6 is 23.2 Å². The first-order chi connectivity index (χ1) is 10.1. The molecule has 0 aliphatic rings. The third kappa shape index (κ3) is 2.89. The van der Waals surface area contributed by atoms with Crippen molar-refractivity contribution in [2.45, 2.75) is 6.92 Å². The third-order valence-corrected chi connectivity index (χ3v) is 3.60. The summed E-state index contributed by atoms with van der Waals surface area (Å²) < 4.78 is 0. The highest BCUT2D eigenvalue weighted by Crippen LogP contribution is 2.33. The van der Waals surface area contributed by atoms with Crippen molar-refractivity contribution in [3.8, 4) is 22.5 Å². The molecule has 104 valence electrons. The standard InChI is InChI=1S/C16H11Cl2N3/c1-10-7-8-12(9-19-10)16-20-14(17)13(15(18)21-16)11-5-3-2-4-6-11/h2-9H,1H3. The summed E-state index contributed by atoms with van der Waals surface area (Å²) in [5.74, 6) is 0.470. The molecule has 0 amide bonds. The first-order valence-corrected chi connectivity index (χ1v) is 7.12. The molecule has 0 N–H and O–H groups in total. The van der Waals surface area contributed by atoms with E-state index in [1.165, 1.54) is 0 Å². The van der Waals surface area contributed by atoms with Crippen LogP contribution in [0.3, 0.4) is 0 Å². The summed E-state index contributed by atoms with van der Waals surface area (Å²) in [5, 5.41) is 0.661. The summed E-state index contributed by atoms with van der Waals surface area (Å²) in [6.07, 6.45) is 1.71. The molecule has 0 aliphatic carbocycles. The van der Waals surface area contributed by atoms with Crippen molar-refractivity contribution in [2.24, 2.45) is 0 Å². The fourth-order valence-corrected chi connectivity index (χ4v) is 2.59. The summed E-state index contributed by atoms with van der Waals surface area (Å²) in [4.78, 5) is 12.9. The van der Waals surface area contributed by atoms with Crippen molar-refractivity contribution in [3.63, 3.8) is 0 Å². The van der Waals surface area contributed by atoms with Gasteiger partial charge in [-0.1, -0.05) is 53.5 Å². The van der Waals surface area contributed by atoms with E-state index in [2.05, 4.69) is 15.0 Å². The summed E-state index contributed by atoms with van der Waals surface area (Å²) >= 11 is 12.6. The molecule has 2 heterocycles. The van der Waals surface area contributed by atoms with Crippen molar-refractivity contribution in [3.05, 3.63) is 64.7 Å². The number of pyridine rings is 1. The lowest BCUT2D eigenvalue weighted by Crippen LogP contribution is -1.95. The van der Waals surface area contributed by atoms with E-state index in [-0.39, 0.29) is 0 Å². The Morgan fingerprint density at radius 3 is 2.05 bits per heavy atom. The third-order valence-electron chi connectivity index (χ3n) is 3.05. The van der Waals surface area contributed by atoms with Crippen LogP contribution in [0.1, 0.15) is 5.69 Å². The molecule has 0 bridgehead atoms. The van der Waals surface area contributed by atoms with Crippen molar-refractivity contribution in [1.82, 2.24) is 15.0 Å². The molecule has 2 aromatic heterocycles. The molecule has 3 nitrogen and oxygen atoms in total. The molecule has 0 radical (unpaired) electrons. The topological polar surface area (TPSA) is 38.7 Å². The Kier molecular flexibility index (Phi) is 3.86. The fourth-order valence-electron chi connectivity index (χ4n) is 1.98. The van der Waals surface area contributed by atoms with Gasteiger partial charge in [0.2, 0.25) is 0 Å². The van der Waals surface area contributed by atoms with Crippen LogP contribution in [0.5, 0.6) is 0 Å². The van der Waals surface area contributed by atoms with Gasteiger partial charge in [0.05, 0.1) is 5.56 Å². The van der Waals surface area contributed by atoms with Gasteiger partial charge in [0.1, 0.15) is 10.3 Å². The molecule has 0 saturated heterocycles. The van der Waals surface area contributed by atoms with E-state index in [9.17, 15) is 0 Å². The minimum absolute atomic E-state index is 0.330. The van der Waals surface area contributed by atoms with E-state index >= 15 is 0 Å². The van der Waals surface area contributed by atoms with Crippen LogP contribution in [-0.2, 0) is 0 Å². The van der Waals surface area contributed by atoms with Gasteiger partial charge in [-0.15, -0.1) is 0 Å². The van der Waals surface area contributed by atoms with Gasteiger partial charge in [0.25, 0.3) is 0 Å². The van der Waals surface area contributed by atoms with Crippen molar-refractivity contribution < 1.29 is 0 Å². The number of rotatable bonds is 2. The second-order valence-electron chi connectivity index (χ2n) is 4.56. The first-order valence-electron chi connectivity index (χ1n) is 6.36. The van der Waals surface area contributed by atoms with Gasteiger partial charge in [0.15, 0.2) is 5.82 Å². The zero-order chi connectivity index (χ0) is 14.8. The Morgan fingerprint density at radius 1 is 0.810 bits per heavy atom. The van der Waals surface area contributed by atoms with Gasteiger partial charge in [-0.05, 0) is 24.6 Å². The average molecular weight is 316 g/mol. The molecule has 0 fully saturated rings. The molecule has 0 saturated carbocycles. The Hall–Kier alpha value is -1.97. The van der Waals surface area contributed by atoms with Gasteiger partial charge >= 0.3 is 0 Å². The second kappa shape index (κ2) is 5.80. The lowest BCUT2D eigenvalue weighted by atomic mass is 10.1. The van der Waals surface area contributed by atoms with Crippen molar-refractivity contribution in [1.29, 1.82) is 0 Å². The zero-order valence-electron chi connectivity index (χ0n) is 11.2. The zero-order valence-corrected chi connectivity index (χ0v) is 12.7. The molecule has 1 aromatic carbocycles. The lowest BCUT2D eigenvalue weighted by Gasteiger charge is -2.08. The first kappa shape index (κ1) is 14.0. The van der Waals surface area contributed by atoms with Gasteiger partial charge in [-0.2, -0.15) is 0 Å². The molecule has 3 rings (SSSR count). The van der Waals surface area contributed by atoms with Gasteiger partial charge in [-0.3, -0.25) is 4.98 Å². The minimum atomic E-state index is 0.330. The van der Waals surface area contributed by atoms with Gasteiger partial charge in [0, 0.05) is 17.5 Å². The number of hydrogen-bond acceptors (Lipinski definition) is 3. The molecule has 5 heteroatoms. The summed E-state index contributed by atoms with van der Waals surface area (Å²) in [7, 11) is 0. The van der Waals surface area contributed by atoms with E-state index in [0.717, 1.165) is 16.8 Å². The van der Waals surface area contributed by atoms with E-state index < -0.39 is 0 Å². The highest BCUT2D eigenvalue weighted by atomic mass is 35.5. The van der Waals surface area contributed by atoms with Crippen LogP contribution in [0.4, 0.5) is 0 Å². The number of aryl methyl sites for hydroxylation is 1. The number of benzene rings is 1. The Labute approximate surface area is 132 Å². The summed E-state index contributed by atoms with van der Waals surface area (Å²) in [6, 6.07) is 13.4. The Balaban J connectivity index is 2.10. The minimum Gasteiger partial charge on any atom is -0.261 e. The number of halogens is 2. The van der Waals surface area contributed by atoms with Crippen LogP contribution < -0.4 is 0 Å². The average Bonchev–Trinajstić information content (AvgIpc) is 2.48. The predicted octanol–water partition coefficient (Wildman–Crippen LogP) is 4.82. The van der Waals surface area contributed by atoms with Crippen LogP contribution in [-0.4, -0.2) is 15.0 Å². The second-order valence-corrected chi connectivity index (χ2v) is 5.27. The number of nitrogens with zero attached hydrogens (tertiary/aromatic N) is 3. The Bertz CT molecular complexity index is 748. The van der Waals surface area contributed by atoms with Crippen LogP contribution in [0.15, 0.2) is 48.7 Å². The Morgan fingerprint density at radius 2 is 1.48 bits per heavy atom. The quantitative estimate of drug-likeness (QED) is 0.636. The highest BCUT2D eigenvalue weighted by molar-refractivity contribution is 6.37. The molecule has 3 aromatic rings. The van der Waals surface area contributed by atoms with Crippen LogP contribution in [0, 0.1) is 6.92 Å². The van der Waals surface area contributed by atoms with E-state index in [1.54, 1.807) is 6.20 Å².